The van der Waals surface area contributed by atoms with E-state index in [2.05, 4.69) is 26.3 Å². The van der Waals surface area contributed by atoms with Gasteiger partial charge < -0.3 is 9.94 Å². The van der Waals surface area contributed by atoms with Crippen molar-refractivity contribution >= 4 is 0 Å². The lowest BCUT2D eigenvalue weighted by Gasteiger charge is -2.22. The van der Waals surface area contributed by atoms with Gasteiger partial charge in [-0.25, -0.2) is 5.48 Å². The zero-order valence-electron chi connectivity index (χ0n) is 11.0. The molecule has 0 atom stereocenters. The highest BCUT2D eigenvalue weighted by molar-refractivity contribution is 5.27. The molecule has 0 aliphatic rings. The molecule has 96 valence electrons. The SMILES string of the molecule is CCC(C)(C)CCOc1ccc(CNO)cc1. The lowest BCUT2D eigenvalue weighted by molar-refractivity contribution is 0.161. The van der Waals surface area contributed by atoms with Crippen LogP contribution in [-0.2, 0) is 6.54 Å². The minimum Gasteiger partial charge on any atom is -0.494 e. The first-order valence-corrected chi connectivity index (χ1v) is 6.16. The van der Waals surface area contributed by atoms with Crippen LogP contribution in [0.15, 0.2) is 24.3 Å². The molecule has 3 heteroatoms. The Hall–Kier alpha value is -1.06. The van der Waals surface area contributed by atoms with Crippen LogP contribution in [0.3, 0.4) is 0 Å². The highest BCUT2D eigenvalue weighted by atomic mass is 16.5. The van der Waals surface area contributed by atoms with Gasteiger partial charge in [0.25, 0.3) is 0 Å². The average Bonchev–Trinajstić information content (AvgIpc) is 2.32. The molecule has 2 N–H and O–H groups in total. The number of nitrogens with one attached hydrogen (secondary N) is 1. The van der Waals surface area contributed by atoms with Gasteiger partial charge in [-0.2, -0.15) is 0 Å². The second kappa shape index (κ2) is 6.62. The van der Waals surface area contributed by atoms with E-state index in [1.807, 2.05) is 24.3 Å². The van der Waals surface area contributed by atoms with Gasteiger partial charge in [-0.3, -0.25) is 0 Å². The molecule has 1 aromatic rings. The van der Waals surface area contributed by atoms with E-state index >= 15 is 0 Å². The largest absolute Gasteiger partial charge is 0.494 e. The van der Waals surface area contributed by atoms with E-state index in [-0.39, 0.29) is 0 Å². The first kappa shape index (κ1) is 14.0. The topological polar surface area (TPSA) is 41.5 Å². The summed E-state index contributed by atoms with van der Waals surface area (Å²) in [6, 6.07) is 7.77. The van der Waals surface area contributed by atoms with Crippen molar-refractivity contribution in [3.63, 3.8) is 0 Å². The number of hydrogen-bond acceptors (Lipinski definition) is 3. The second-order valence-electron chi connectivity index (χ2n) is 5.10. The van der Waals surface area contributed by atoms with Crippen molar-refractivity contribution in [1.29, 1.82) is 0 Å². The molecular formula is C14H23NO2. The van der Waals surface area contributed by atoms with Crippen molar-refractivity contribution in [2.75, 3.05) is 6.61 Å². The fourth-order valence-corrected chi connectivity index (χ4v) is 1.42. The molecule has 0 heterocycles. The third-order valence-corrected chi connectivity index (χ3v) is 3.21. The van der Waals surface area contributed by atoms with Crippen LogP contribution in [-0.4, -0.2) is 11.8 Å². The molecule has 0 fully saturated rings. The standard InChI is InChI=1S/C14H23NO2/c1-4-14(2,3)9-10-17-13-7-5-12(6-8-13)11-15-16/h5-8,15-16H,4,9-11H2,1-3H3. The summed E-state index contributed by atoms with van der Waals surface area (Å²) in [4.78, 5) is 0. The maximum absolute atomic E-state index is 8.57. The van der Waals surface area contributed by atoms with E-state index in [9.17, 15) is 0 Å². The second-order valence-corrected chi connectivity index (χ2v) is 5.10. The maximum Gasteiger partial charge on any atom is 0.119 e. The molecule has 3 nitrogen and oxygen atoms in total. The summed E-state index contributed by atoms with van der Waals surface area (Å²) in [7, 11) is 0. The highest BCUT2D eigenvalue weighted by Crippen LogP contribution is 2.24. The number of hydrogen-bond donors (Lipinski definition) is 2. The summed E-state index contributed by atoms with van der Waals surface area (Å²) in [5, 5.41) is 8.57. The van der Waals surface area contributed by atoms with Crippen LogP contribution in [0.4, 0.5) is 0 Å². The third kappa shape index (κ3) is 5.20. The lowest BCUT2D eigenvalue weighted by atomic mass is 9.87. The van der Waals surface area contributed by atoms with Gasteiger partial charge in [-0.05, 0) is 29.5 Å². The molecular weight excluding hydrogens is 214 g/mol. The Balaban J connectivity index is 2.37. The fraction of sp³-hybridized carbons (Fsp3) is 0.571. The van der Waals surface area contributed by atoms with E-state index in [0.29, 0.717) is 12.0 Å². The molecule has 1 aromatic carbocycles. The van der Waals surface area contributed by atoms with Crippen LogP contribution < -0.4 is 10.2 Å². The minimum atomic E-state index is 0.348. The monoisotopic (exact) mass is 237 g/mol. The lowest BCUT2D eigenvalue weighted by Crippen LogP contribution is -2.14. The molecule has 0 saturated carbocycles. The van der Waals surface area contributed by atoms with Crippen LogP contribution in [0, 0.1) is 5.41 Å². The summed E-state index contributed by atoms with van der Waals surface area (Å²) in [5.74, 6) is 0.888. The van der Waals surface area contributed by atoms with Crippen LogP contribution in [0.2, 0.25) is 0 Å². The Morgan fingerprint density at radius 3 is 2.41 bits per heavy atom. The van der Waals surface area contributed by atoms with Crippen molar-refractivity contribution in [3.8, 4) is 5.75 Å². The van der Waals surface area contributed by atoms with Crippen molar-refractivity contribution in [3.05, 3.63) is 29.8 Å². The van der Waals surface area contributed by atoms with E-state index in [0.717, 1.165) is 30.8 Å². The maximum atomic E-state index is 8.57. The van der Waals surface area contributed by atoms with Gasteiger partial charge >= 0.3 is 0 Å². The number of hydroxylamine groups is 1. The zero-order chi connectivity index (χ0) is 12.7. The molecule has 1 rings (SSSR count). The van der Waals surface area contributed by atoms with E-state index < -0.39 is 0 Å². The molecule has 0 radical (unpaired) electrons. The average molecular weight is 237 g/mol. The first-order valence-electron chi connectivity index (χ1n) is 6.16. The van der Waals surface area contributed by atoms with Gasteiger partial charge in [0.2, 0.25) is 0 Å². The van der Waals surface area contributed by atoms with Crippen LogP contribution in [0.5, 0.6) is 5.75 Å². The number of benzene rings is 1. The molecule has 0 bridgehead atoms. The highest BCUT2D eigenvalue weighted by Gasteiger charge is 2.14. The van der Waals surface area contributed by atoms with Crippen molar-refractivity contribution < 1.29 is 9.94 Å². The Morgan fingerprint density at radius 2 is 1.88 bits per heavy atom. The molecule has 0 spiro atoms. The van der Waals surface area contributed by atoms with Gasteiger partial charge in [0.1, 0.15) is 5.75 Å². The molecule has 0 saturated heterocycles. The van der Waals surface area contributed by atoms with Crippen molar-refractivity contribution in [2.45, 2.75) is 40.2 Å². The molecule has 0 aliphatic carbocycles. The van der Waals surface area contributed by atoms with Gasteiger partial charge in [0.05, 0.1) is 6.61 Å². The quantitative estimate of drug-likeness (QED) is 0.714. The van der Waals surface area contributed by atoms with Crippen LogP contribution in [0.1, 0.15) is 39.2 Å². The molecule has 0 amide bonds. The van der Waals surface area contributed by atoms with Gasteiger partial charge in [-0.1, -0.05) is 39.3 Å². The Kier molecular flexibility index (Phi) is 5.45. The van der Waals surface area contributed by atoms with Gasteiger partial charge in [0.15, 0.2) is 0 Å². The normalized spacial score (nSPS) is 11.5. The zero-order valence-corrected chi connectivity index (χ0v) is 11.0. The van der Waals surface area contributed by atoms with E-state index in [4.69, 9.17) is 9.94 Å². The van der Waals surface area contributed by atoms with Gasteiger partial charge in [-0.15, -0.1) is 0 Å². The first-order chi connectivity index (χ1) is 8.07. The summed E-state index contributed by atoms with van der Waals surface area (Å²) in [5.41, 5.74) is 3.52. The summed E-state index contributed by atoms with van der Waals surface area (Å²) < 4.78 is 5.69. The third-order valence-electron chi connectivity index (χ3n) is 3.21. The minimum absolute atomic E-state index is 0.348. The summed E-state index contributed by atoms with van der Waals surface area (Å²) in [6.45, 7) is 7.93. The molecule has 0 unspecified atom stereocenters. The Labute approximate surface area is 104 Å². The number of ether oxygens (including phenoxy) is 1. The van der Waals surface area contributed by atoms with Crippen LogP contribution >= 0.6 is 0 Å². The molecule has 0 aliphatic heterocycles. The predicted octanol–water partition coefficient (Wildman–Crippen LogP) is 3.37. The number of rotatable bonds is 7. The molecule has 0 aromatic heterocycles. The smallest absolute Gasteiger partial charge is 0.119 e. The fourth-order valence-electron chi connectivity index (χ4n) is 1.42. The Morgan fingerprint density at radius 1 is 1.24 bits per heavy atom. The summed E-state index contributed by atoms with van der Waals surface area (Å²) in [6.07, 6.45) is 2.22. The Bertz CT molecular complexity index is 319. The van der Waals surface area contributed by atoms with E-state index in [1.165, 1.54) is 0 Å². The van der Waals surface area contributed by atoms with Crippen molar-refractivity contribution in [2.24, 2.45) is 5.41 Å². The van der Waals surface area contributed by atoms with E-state index in [1.54, 1.807) is 0 Å². The summed E-state index contributed by atoms with van der Waals surface area (Å²) >= 11 is 0. The van der Waals surface area contributed by atoms with Gasteiger partial charge in [0, 0.05) is 6.54 Å². The van der Waals surface area contributed by atoms with Crippen molar-refractivity contribution in [1.82, 2.24) is 5.48 Å². The van der Waals surface area contributed by atoms with Crippen LogP contribution in [0.25, 0.3) is 0 Å². The molecule has 17 heavy (non-hydrogen) atoms. The predicted molar refractivity (Wildman–Crippen MR) is 69.3 cm³/mol.